The van der Waals surface area contributed by atoms with E-state index in [-0.39, 0.29) is 0 Å². The normalized spacial score (nSPS) is 23.3. The number of rotatable bonds is 1. The molecule has 1 fully saturated rings. The highest BCUT2D eigenvalue weighted by molar-refractivity contribution is 7.80. The van der Waals surface area contributed by atoms with Crippen LogP contribution in [0.5, 0.6) is 0 Å². The van der Waals surface area contributed by atoms with Gasteiger partial charge in [0.1, 0.15) is 0 Å². The fraction of sp³-hybridized carbons (Fsp3) is 0.500. The van der Waals surface area contributed by atoms with Crippen LogP contribution in [0.15, 0.2) is 18.2 Å². The Hall–Kier alpha value is -0.510. The van der Waals surface area contributed by atoms with Crippen LogP contribution in [0.3, 0.4) is 0 Å². The van der Waals surface area contributed by atoms with E-state index >= 15 is 0 Å². The molecular weight excluding hydrogens is 299 g/mol. The van der Waals surface area contributed by atoms with Crippen molar-refractivity contribution in [3.05, 3.63) is 28.2 Å². The van der Waals surface area contributed by atoms with Crippen LogP contribution < -0.4 is 5.32 Å². The summed E-state index contributed by atoms with van der Waals surface area (Å²) in [6.07, 6.45) is 1.27. The van der Waals surface area contributed by atoms with Gasteiger partial charge in [0.25, 0.3) is 0 Å². The van der Waals surface area contributed by atoms with Gasteiger partial charge in [0.05, 0.1) is 10.0 Å². The molecular formula is C14H18Cl2N2S. The second kappa shape index (κ2) is 6.29. The maximum Gasteiger partial charge on any atom is 0.173 e. The number of hydrogen-bond donors (Lipinski definition) is 1. The Kier molecular flexibility index (Phi) is 4.93. The molecule has 2 atom stereocenters. The SMILES string of the molecule is CC1CC(C)CN(C(=S)Nc2ccc(Cl)c(Cl)c2)C1. The van der Waals surface area contributed by atoms with E-state index in [1.807, 2.05) is 6.07 Å². The van der Waals surface area contributed by atoms with Gasteiger partial charge in [-0.05, 0) is 48.7 Å². The Bertz CT molecular complexity index is 469. The van der Waals surface area contributed by atoms with Crippen molar-refractivity contribution in [3.63, 3.8) is 0 Å². The quantitative estimate of drug-likeness (QED) is 0.758. The lowest BCUT2D eigenvalue weighted by molar-refractivity contribution is 0.216. The first kappa shape index (κ1) is 14.9. The Morgan fingerprint density at radius 3 is 2.42 bits per heavy atom. The summed E-state index contributed by atoms with van der Waals surface area (Å²) >= 11 is 17.4. The largest absolute Gasteiger partial charge is 0.348 e. The molecule has 2 unspecified atom stereocenters. The summed E-state index contributed by atoms with van der Waals surface area (Å²) < 4.78 is 0. The molecule has 0 spiro atoms. The van der Waals surface area contributed by atoms with Crippen molar-refractivity contribution in [2.75, 3.05) is 18.4 Å². The first-order valence-corrected chi connectivity index (χ1v) is 7.63. The summed E-state index contributed by atoms with van der Waals surface area (Å²) in [5.74, 6) is 1.36. The molecule has 0 amide bonds. The second-order valence-corrected chi connectivity index (χ2v) is 6.61. The minimum atomic E-state index is 0.537. The first-order valence-electron chi connectivity index (χ1n) is 6.46. The van der Waals surface area contributed by atoms with Crippen LogP contribution in [0.1, 0.15) is 20.3 Å². The van der Waals surface area contributed by atoms with Gasteiger partial charge in [-0.25, -0.2) is 0 Å². The van der Waals surface area contributed by atoms with Crippen LogP contribution in [0.4, 0.5) is 5.69 Å². The van der Waals surface area contributed by atoms with Gasteiger partial charge in [-0.2, -0.15) is 0 Å². The van der Waals surface area contributed by atoms with Crippen molar-refractivity contribution in [2.24, 2.45) is 11.8 Å². The molecule has 5 heteroatoms. The average molecular weight is 317 g/mol. The third-order valence-corrected chi connectivity index (χ3v) is 4.43. The third-order valence-electron chi connectivity index (χ3n) is 3.33. The molecule has 1 N–H and O–H groups in total. The number of nitrogens with zero attached hydrogens (tertiary/aromatic N) is 1. The number of halogens is 2. The van der Waals surface area contributed by atoms with Gasteiger partial charge < -0.3 is 10.2 Å². The summed E-state index contributed by atoms with van der Waals surface area (Å²) in [6.45, 7) is 6.56. The zero-order valence-corrected chi connectivity index (χ0v) is 13.4. The minimum absolute atomic E-state index is 0.537. The van der Waals surface area contributed by atoms with E-state index in [1.165, 1.54) is 6.42 Å². The molecule has 1 heterocycles. The lowest BCUT2D eigenvalue weighted by Crippen LogP contribution is -2.44. The first-order chi connectivity index (χ1) is 8.95. The molecule has 1 aromatic rings. The van der Waals surface area contributed by atoms with Crippen LogP contribution in [-0.2, 0) is 0 Å². The van der Waals surface area contributed by atoms with E-state index in [1.54, 1.807) is 12.1 Å². The lowest BCUT2D eigenvalue weighted by Gasteiger charge is -2.36. The molecule has 0 aliphatic carbocycles. The molecule has 2 rings (SSSR count). The van der Waals surface area contributed by atoms with Crippen LogP contribution in [0.2, 0.25) is 10.0 Å². The number of benzene rings is 1. The smallest absolute Gasteiger partial charge is 0.173 e. The van der Waals surface area contributed by atoms with Crippen LogP contribution in [0.25, 0.3) is 0 Å². The number of nitrogens with one attached hydrogen (secondary N) is 1. The second-order valence-electron chi connectivity index (χ2n) is 5.41. The van der Waals surface area contributed by atoms with Crippen molar-refractivity contribution < 1.29 is 0 Å². The number of anilines is 1. The maximum absolute atomic E-state index is 6.00. The van der Waals surface area contributed by atoms with Crippen molar-refractivity contribution in [2.45, 2.75) is 20.3 Å². The molecule has 0 radical (unpaired) electrons. The topological polar surface area (TPSA) is 15.3 Å². The van der Waals surface area contributed by atoms with Gasteiger partial charge in [0.15, 0.2) is 5.11 Å². The average Bonchev–Trinajstić information content (AvgIpc) is 2.32. The van der Waals surface area contributed by atoms with Gasteiger partial charge in [-0.15, -0.1) is 0 Å². The predicted octanol–water partition coefficient (Wildman–Crippen LogP) is 4.67. The molecule has 2 nitrogen and oxygen atoms in total. The van der Waals surface area contributed by atoms with Crippen molar-refractivity contribution in [1.29, 1.82) is 0 Å². The van der Waals surface area contributed by atoms with E-state index in [2.05, 4.69) is 24.1 Å². The maximum atomic E-state index is 6.00. The molecule has 1 aliphatic heterocycles. The Morgan fingerprint density at radius 1 is 1.21 bits per heavy atom. The molecule has 19 heavy (non-hydrogen) atoms. The standard InChI is InChI=1S/C14H18Cl2N2S/c1-9-5-10(2)8-18(7-9)14(19)17-11-3-4-12(15)13(16)6-11/h3-4,6,9-10H,5,7-8H2,1-2H3,(H,17,19). The molecule has 0 aromatic heterocycles. The van der Waals surface area contributed by atoms with Gasteiger partial charge in [-0.1, -0.05) is 37.0 Å². The Balaban J connectivity index is 2.02. The van der Waals surface area contributed by atoms with Crippen molar-refractivity contribution in [1.82, 2.24) is 4.90 Å². The number of piperidine rings is 1. The summed E-state index contributed by atoms with van der Waals surface area (Å²) in [5.41, 5.74) is 0.880. The van der Waals surface area contributed by atoms with Crippen LogP contribution in [-0.4, -0.2) is 23.1 Å². The number of thiocarbonyl (C=S) groups is 1. The number of likely N-dealkylation sites (tertiary alicyclic amines) is 1. The summed E-state index contributed by atoms with van der Waals surface area (Å²) in [6, 6.07) is 5.46. The molecule has 1 aliphatic rings. The molecule has 1 saturated heterocycles. The van der Waals surface area contributed by atoms with E-state index in [9.17, 15) is 0 Å². The van der Waals surface area contributed by atoms with Crippen molar-refractivity contribution in [3.8, 4) is 0 Å². The Morgan fingerprint density at radius 2 is 1.84 bits per heavy atom. The van der Waals surface area contributed by atoms with E-state index in [0.29, 0.717) is 21.9 Å². The monoisotopic (exact) mass is 316 g/mol. The lowest BCUT2D eigenvalue weighted by atomic mass is 9.92. The highest BCUT2D eigenvalue weighted by atomic mass is 35.5. The van der Waals surface area contributed by atoms with Gasteiger partial charge in [-0.3, -0.25) is 0 Å². The molecule has 1 aromatic carbocycles. The predicted molar refractivity (Wildman–Crippen MR) is 87.2 cm³/mol. The van der Waals surface area contributed by atoms with Crippen LogP contribution in [0, 0.1) is 11.8 Å². The molecule has 104 valence electrons. The Labute approximate surface area is 130 Å². The molecule has 0 saturated carbocycles. The van der Waals surface area contributed by atoms with Crippen LogP contribution >= 0.6 is 35.4 Å². The van der Waals surface area contributed by atoms with Crippen molar-refractivity contribution >= 4 is 46.2 Å². The molecule has 0 bridgehead atoms. The summed E-state index contributed by atoms with van der Waals surface area (Å²) in [4.78, 5) is 2.23. The highest BCUT2D eigenvalue weighted by Crippen LogP contribution is 2.26. The highest BCUT2D eigenvalue weighted by Gasteiger charge is 2.23. The van der Waals surface area contributed by atoms with E-state index in [4.69, 9.17) is 35.4 Å². The van der Waals surface area contributed by atoms with Gasteiger partial charge >= 0.3 is 0 Å². The fourth-order valence-electron chi connectivity index (χ4n) is 2.61. The van der Waals surface area contributed by atoms with E-state index in [0.717, 1.165) is 23.9 Å². The number of hydrogen-bond acceptors (Lipinski definition) is 1. The summed E-state index contributed by atoms with van der Waals surface area (Å²) in [5, 5.41) is 5.09. The summed E-state index contributed by atoms with van der Waals surface area (Å²) in [7, 11) is 0. The zero-order chi connectivity index (χ0) is 14.0. The van der Waals surface area contributed by atoms with Gasteiger partial charge in [0.2, 0.25) is 0 Å². The van der Waals surface area contributed by atoms with E-state index < -0.39 is 0 Å². The van der Waals surface area contributed by atoms with Gasteiger partial charge in [0, 0.05) is 18.8 Å². The third kappa shape index (κ3) is 3.98. The minimum Gasteiger partial charge on any atom is -0.348 e. The zero-order valence-electron chi connectivity index (χ0n) is 11.1. The fourth-order valence-corrected chi connectivity index (χ4v) is 3.17.